The number of ether oxygens (including phenoxy) is 1. The molecule has 0 radical (unpaired) electrons. The van der Waals surface area contributed by atoms with Crippen LogP contribution >= 0.6 is 0 Å². The van der Waals surface area contributed by atoms with Crippen molar-refractivity contribution >= 4 is 0 Å². The van der Waals surface area contributed by atoms with Gasteiger partial charge in [-0.1, -0.05) is 5.92 Å². The standard InChI is InChI=1S/C6H10O/c1-4-5-6(2)7-3/h6H,1-3H3. The van der Waals surface area contributed by atoms with E-state index < -0.39 is 0 Å². The molecular formula is C6H10O. The van der Waals surface area contributed by atoms with Crippen molar-refractivity contribution in [2.75, 3.05) is 7.11 Å². The zero-order chi connectivity index (χ0) is 5.70. The summed E-state index contributed by atoms with van der Waals surface area (Å²) in [5.41, 5.74) is 0. The molecule has 1 unspecified atom stereocenters. The first-order valence-electron chi connectivity index (χ1n) is 2.26. The lowest BCUT2D eigenvalue weighted by Gasteiger charge is -1.95. The van der Waals surface area contributed by atoms with Crippen LogP contribution in [0.25, 0.3) is 0 Å². The van der Waals surface area contributed by atoms with Gasteiger partial charge in [0.15, 0.2) is 0 Å². The molecule has 0 bridgehead atoms. The molecular weight excluding hydrogens is 88.1 g/mol. The van der Waals surface area contributed by atoms with E-state index in [1.165, 1.54) is 0 Å². The lowest BCUT2D eigenvalue weighted by Crippen LogP contribution is -1.98. The van der Waals surface area contributed by atoms with Gasteiger partial charge in [0, 0.05) is 7.11 Å². The normalized spacial score (nSPS) is 11.9. The van der Waals surface area contributed by atoms with Crippen molar-refractivity contribution in [3.63, 3.8) is 0 Å². The summed E-state index contributed by atoms with van der Waals surface area (Å²) in [6.07, 6.45) is 0.0880. The molecule has 0 spiro atoms. The lowest BCUT2D eigenvalue weighted by atomic mass is 10.4. The molecule has 1 heteroatoms. The van der Waals surface area contributed by atoms with E-state index in [4.69, 9.17) is 4.74 Å². The number of methoxy groups -OCH3 is 1. The molecule has 0 saturated carbocycles. The van der Waals surface area contributed by atoms with Crippen LogP contribution in [-0.4, -0.2) is 13.2 Å². The highest BCUT2D eigenvalue weighted by molar-refractivity contribution is 5.00. The van der Waals surface area contributed by atoms with Crippen molar-refractivity contribution in [3.8, 4) is 11.8 Å². The molecule has 1 atom stereocenters. The first-order valence-corrected chi connectivity index (χ1v) is 2.26. The predicted molar refractivity (Wildman–Crippen MR) is 29.9 cm³/mol. The summed E-state index contributed by atoms with van der Waals surface area (Å²) in [7, 11) is 1.65. The topological polar surface area (TPSA) is 9.23 Å². The van der Waals surface area contributed by atoms with Gasteiger partial charge in [0.25, 0.3) is 0 Å². The largest absolute Gasteiger partial charge is 0.369 e. The van der Waals surface area contributed by atoms with Crippen LogP contribution in [0.5, 0.6) is 0 Å². The van der Waals surface area contributed by atoms with Crippen molar-refractivity contribution in [1.29, 1.82) is 0 Å². The Hall–Kier alpha value is -0.480. The SMILES string of the molecule is CC#CC(C)OC. The molecule has 0 heterocycles. The molecule has 0 aromatic carbocycles. The van der Waals surface area contributed by atoms with Crippen molar-refractivity contribution in [1.82, 2.24) is 0 Å². The second-order valence-electron chi connectivity index (χ2n) is 1.27. The molecule has 0 aliphatic heterocycles. The Morgan fingerprint density at radius 2 is 2.14 bits per heavy atom. The van der Waals surface area contributed by atoms with E-state index in [0.29, 0.717) is 0 Å². The van der Waals surface area contributed by atoms with E-state index >= 15 is 0 Å². The Morgan fingerprint density at radius 3 is 2.29 bits per heavy atom. The van der Waals surface area contributed by atoms with Crippen LogP contribution in [-0.2, 0) is 4.74 Å². The van der Waals surface area contributed by atoms with Crippen molar-refractivity contribution in [2.45, 2.75) is 20.0 Å². The quantitative estimate of drug-likeness (QED) is 0.445. The van der Waals surface area contributed by atoms with Gasteiger partial charge in [0.05, 0.1) is 0 Å². The molecule has 0 amide bonds. The van der Waals surface area contributed by atoms with Crippen LogP contribution < -0.4 is 0 Å². The van der Waals surface area contributed by atoms with E-state index in [2.05, 4.69) is 11.8 Å². The van der Waals surface area contributed by atoms with E-state index in [9.17, 15) is 0 Å². The van der Waals surface area contributed by atoms with Crippen LogP contribution in [0.2, 0.25) is 0 Å². The van der Waals surface area contributed by atoms with Crippen LogP contribution in [0.15, 0.2) is 0 Å². The van der Waals surface area contributed by atoms with E-state index in [-0.39, 0.29) is 6.10 Å². The van der Waals surface area contributed by atoms with E-state index in [1.54, 1.807) is 14.0 Å². The highest BCUT2D eigenvalue weighted by atomic mass is 16.5. The Morgan fingerprint density at radius 1 is 1.57 bits per heavy atom. The van der Waals surface area contributed by atoms with Gasteiger partial charge in [0.1, 0.15) is 6.10 Å². The fraction of sp³-hybridized carbons (Fsp3) is 0.667. The third-order valence-electron chi connectivity index (χ3n) is 0.701. The van der Waals surface area contributed by atoms with Gasteiger partial charge >= 0.3 is 0 Å². The maximum atomic E-state index is 4.82. The molecule has 0 saturated heterocycles. The minimum atomic E-state index is 0.0880. The average molecular weight is 98.1 g/mol. The van der Waals surface area contributed by atoms with Crippen LogP contribution in [0.1, 0.15) is 13.8 Å². The summed E-state index contributed by atoms with van der Waals surface area (Å²) in [4.78, 5) is 0. The fourth-order valence-electron chi connectivity index (χ4n) is 0.262. The van der Waals surface area contributed by atoms with Crippen LogP contribution in [0.3, 0.4) is 0 Å². The Kier molecular flexibility index (Phi) is 3.45. The van der Waals surface area contributed by atoms with E-state index in [0.717, 1.165) is 0 Å². The van der Waals surface area contributed by atoms with Gasteiger partial charge in [-0.3, -0.25) is 0 Å². The summed E-state index contributed by atoms with van der Waals surface area (Å²) in [5.74, 6) is 5.57. The predicted octanol–water partition coefficient (Wildman–Crippen LogP) is 1.04. The average Bonchev–Trinajstić information content (AvgIpc) is 1.68. The zero-order valence-electron chi connectivity index (χ0n) is 4.99. The van der Waals surface area contributed by atoms with Crippen molar-refractivity contribution < 1.29 is 4.74 Å². The summed E-state index contributed by atoms with van der Waals surface area (Å²) in [5, 5.41) is 0. The van der Waals surface area contributed by atoms with Crippen LogP contribution in [0.4, 0.5) is 0 Å². The van der Waals surface area contributed by atoms with Crippen LogP contribution in [0, 0.1) is 11.8 Å². The van der Waals surface area contributed by atoms with Gasteiger partial charge in [-0.25, -0.2) is 0 Å². The van der Waals surface area contributed by atoms with E-state index in [1.807, 2.05) is 6.92 Å². The third-order valence-corrected chi connectivity index (χ3v) is 0.701. The van der Waals surface area contributed by atoms with Crippen molar-refractivity contribution in [3.05, 3.63) is 0 Å². The number of rotatable bonds is 1. The van der Waals surface area contributed by atoms with Gasteiger partial charge in [-0.15, -0.1) is 5.92 Å². The lowest BCUT2D eigenvalue weighted by molar-refractivity contribution is 0.163. The molecule has 0 aliphatic carbocycles. The summed E-state index contributed by atoms with van der Waals surface area (Å²) >= 11 is 0. The Balaban J connectivity index is 3.29. The first-order chi connectivity index (χ1) is 3.31. The Bertz CT molecular complexity index is 86.1. The molecule has 0 rings (SSSR count). The monoisotopic (exact) mass is 98.1 g/mol. The molecule has 0 aliphatic rings. The highest BCUT2D eigenvalue weighted by Crippen LogP contribution is 1.80. The molecule has 40 valence electrons. The minimum Gasteiger partial charge on any atom is -0.369 e. The maximum absolute atomic E-state index is 4.82. The zero-order valence-corrected chi connectivity index (χ0v) is 4.99. The molecule has 0 aromatic heterocycles. The molecule has 1 nitrogen and oxygen atoms in total. The molecule has 7 heavy (non-hydrogen) atoms. The van der Waals surface area contributed by atoms with Gasteiger partial charge in [-0.2, -0.15) is 0 Å². The van der Waals surface area contributed by atoms with Gasteiger partial charge in [-0.05, 0) is 13.8 Å². The third kappa shape index (κ3) is 3.35. The minimum absolute atomic E-state index is 0.0880. The summed E-state index contributed by atoms with van der Waals surface area (Å²) in [6, 6.07) is 0. The second kappa shape index (κ2) is 3.70. The molecule has 0 aromatic rings. The molecule has 0 fully saturated rings. The van der Waals surface area contributed by atoms with Gasteiger partial charge in [0.2, 0.25) is 0 Å². The summed E-state index contributed by atoms with van der Waals surface area (Å²) in [6.45, 7) is 3.71. The second-order valence-corrected chi connectivity index (χ2v) is 1.27. The smallest absolute Gasteiger partial charge is 0.115 e. The highest BCUT2D eigenvalue weighted by Gasteiger charge is 1.85. The van der Waals surface area contributed by atoms with Crippen molar-refractivity contribution in [2.24, 2.45) is 0 Å². The fourth-order valence-corrected chi connectivity index (χ4v) is 0.262. The Labute approximate surface area is 44.7 Å². The van der Waals surface area contributed by atoms with Gasteiger partial charge < -0.3 is 4.74 Å². The summed E-state index contributed by atoms with van der Waals surface area (Å²) < 4.78 is 4.82. The number of hydrogen-bond donors (Lipinski definition) is 0. The maximum Gasteiger partial charge on any atom is 0.115 e. The molecule has 0 N–H and O–H groups in total. The number of hydrogen-bond acceptors (Lipinski definition) is 1. The first kappa shape index (κ1) is 6.52.